The summed E-state index contributed by atoms with van der Waals surface area (Å²) in [5, 5.41) is 7.01. The molecule has 2 N–H and O–H groups in total. The first kappa shape index (κ1) is 12.1. The van der Waals surface area contributed by atoms with E-state index in [2.05, 4.69) is 50.8 Å². The van der Waals surface area contributed by atoms with Gasteiger partial charge >= 0.3 is 0 Å². The maximum Gasteiger partial charge on any atom is 0.0192 e. The molecule has 0 spiro atoms. The van der Waals surface area contributed by atoms with Crippen molar-refractivity contribution in [3.8, 4) is 0 Å². The monoisotopic (exact) mass is 282 g/mol. The van der Waals surface area contributed by atoms with E-state index < -0.39 is 0 Å². The van der Waals surface area contributed by atoms with Gasteiger partial charge in [-0.2, -0.15) is 0 Å². The summed E-state index contributed by atoms with van der Waals surface area (Å²) in [6.07, 6.45) is 3.76. The summed E-state index contributed by atoms with van der Waals surface area (Å²) in [5.41, 5.74) is 1.39. The van der Waals surface area contributed by atoms with Crippen molar-refractivity contribution >= 4 is 15.9 Å². The van der Waals surface area contributed by atoms with E-state index in [1.807, 2.05) is 0 Å². The highest BCUT2D eigenvalue weighted by molar-refractivity contribution is 9.10. The fourth-order valence-electron chi connectivity index (χ4n) is 2.13. The summed E-state index contributed by atoms with van der Waals surface area (Å²) in [4.78, 5) is 0. The molecular weight excluding hydrogens is 264 g/mol. The van der Waals surface area contributed by atoms with Crippen molar-refractivity contribution in [3.05, 3.63) is 34.3 Å². The van der Waals surface area contributed by atoms with E-state index in [1.165, 1.54) is 29.4 Å². The van der Waals surface area contributed by atoms with Crippen LogP contribution in [0.5, 0.6) is 0 Å². The summed E-state index contributed by atoms with van der Waals surface area (Å²) in [7, 11) is 0. The molecule has 0 radical (unpaired) electrons. The molecule has 0 amide bonds. The Morgan fingerprint density at radius 2 is 2.38 bits per heavy atom. The van der Waals surface area contributed by atoms with E-state index in [9.17, 15) is 0 Å². The molecule has 1 aliphatic heterocycles. The Bertz CT molecular complexity index is 321. The third kappa shape index (κ3) is 3.89. The van der Waals surface area contributed by atoms with Gasteiger partial charge in [0.2, 0.25) is 0 Å². The SMILES string of the molecule is Brc1cccc(CCNCC2CCCN2)c1. The van der Waals surface area contributed by atoms with Gasteiger partial charge in [0, 0.05) is 17.1 Å². The molecule has 2 nitrogen and oxygen atoms in total. The minimum atomic E-state index is 0.697. The smallest absolute Gasteiger partial charge is 0.0192 e. The number of hydrogen-bond donors (Lipinski definition) is 2. The van der Waals surface area contributed by atoms with Crippen molar-refractivity contribution in [2.24, 2.45) is 0 Å². The molecule has 1 atom stereocenters. The highest BCUT2D eigenvalue weighted by Gasteiger charge is 2.12. The van der Waals surface area contributed by atoms with Gasteiger partial charge in [0.1, 0.15) is 0 Å². The second-order valence-corrected chi connectivity index (χ2v) is 5.29. The molecule has 0 bridgehead atoms. The standard InChI is InChI=1S/C13H19BrN2/c14-12-4-1-3-11(9-12)6-8-15-10-13-5-2-7-16-13/h1,3-4,9,13,15-16H,2,5-8,10H2. The third-order valence-electron chi connectivity index (χ3n) is 3.03. The van der Waals surface area contributed by atoms with Gasteiger partial charge in [-0.15, -0.1) is 0 Å². The van der Waals surface area contributed by atoms with E-state index >= 15 is 0 Å². The minimum absolute atomic E-state index is 0.697. The fraction of sp³-hybridized carbons (Fsp3) is 0.538. The van der Waals surface area contributed by atoms with Crippen LogP contribution in [0.25, 0.3) is 0 Å². The van der Waals surface area contributed by atoms with Gasteiger partial charge in [0.25, 0.3) is 0 Å². The third-order valence-corrected chi connectivity index (χ3v) is 3.53. The lowest BCUT2D eigenvalue weighted by Crippen LogP contribution is -2.34. The Kier molecular flexibility index (Phi) is 4.82. The van der Waals surface area contributed by atoms with E-state index in [1.54, 1.807) is 0 Å². The molecule has 1 fully saturated rings. The molecule has 2 rings (SSSR count). The second kappa shape index (κ2) is 6.38. The van der Waals surface area contributed by atoms with Crippen molar-refractivity contribution in [3.63, 3.8) is 0 Å². The fourth-order valence-corrected chi connectivity index (χ4v) is 2.58. The van der Waals surface area contributed by atoms with Crippen LogP contribution in [-0.2, 0) is 6.42 Å². The molecule has 1 aromatic carbocycles. The van der Waals surface area contributed by atoms with Crippen molar-refractivity contribution in [2.45, 2.75) is 25.3 Å². The molecule has 1 unspecified atom stereocenters. The molecule has 0 saturated carbocycles. The Hall–Kier alpha value is -0.380. The average Bonchev–Trinajstić information content (AvgIpc) is 2.77. The Balaban J connectivity index is 1.64. The lowest BCUT2D eigenvalue weighted by atomic mass is 10.1. The van der Waals surface area contributed by atoms with Crippen LogP contribution in [0.2, 0.25) is 0 Å². The van der Waals surface area contributed by atoms with Gasteiger partial charge < -0.3 is 10.6 Å². The zero-order valence-corrected chi connectivity index (χ0v) is 11.1. The van der Waals surface area contributed by atoms with Crippen LogP contribution in [0.3, 0.4) is 0 Å². The highest BCUT2D eigenvalue weighted by Crippen LogP contribution is 2.11. The van der Waals surface area contributed by atoms with Gasteiger partial charge in [-0.3, -0.25) is 0 Å². The molecule has 1 aliphatic rings. The van der Waals surface area contributed by atoms with Crippen molar-refractivity contribution in [1.29, 1.82) is 0 Å². The minimum Gasteiger partial charge on any atom is -0.315 e. The normalized spacial score (nSPS) is 20.2. The topological polar surface area (TPSA) is 24.1 Å². The largest absolute Gasteiger partial charge is 0.315 e. The van der Waals surface area contributed by atoms with Gasteiger partial charge in [0.05, 0.1) is 0 Å². The van der Waals surface area contributed by atoms with Crippen LogP contribution in [0.1, 0.15) is 18.4 Å². The zero-order chi connectivity index (χ0) is 11.2. The van der Waals surface area contributed by atoms with Crippen LogP contribution < -0.4 is 10.6 Å². The number of benzene rings is 1. The van der Waals surface area contributed by atoms with Crippen LogP contribution in [-0.4, -0.2) is 25.7 Å². The maximum atomic E-state index is 3.52. The van der Waals surface area contributed by atoms with Gasteiger partial charge in [-0.25, -0.2) is 0 Å². The number of hydrogen-bond acceptors (Lipinski definition) is 2. The summed E-state index contributed by atoms with van der Waals surface area (Å²) in [5.74, 6) is 0. The first-order valence-electron chi connectivity index (χ1n) is 6.03. The Morgan fingerprint density at radius 1 is 1.44 bits per heavy atom. The molecule has 0 aromatic heterocycles. The first-order valence-corrected chi connectivity index (χ1v) is 6.82. The quantitative estimate of drug-likeness (QED) is 0.810. The number of halogens is 1. The van der Waals surface area contributed by atoms with Gasteiger partial charge in [-0.05, 0) is 50.0 Å². The summed E-state index contributed by atoms with van der Waals surface area (Å²) >= 11 is 3.49. The molecular formula is C13H19BrN2. The molecule has 16 heavy (non-hydrogen) atoms. The Labute approximate surface area is 106 Å². The van der Waals surface area contributed by atoms with E-state index in [0.29, 0.717) is 6.04 Å². The highest BCUT2D eigenvalue weighted by atomic mass is 79.9. The molecule has 1 aromatic rings. The predicted molar refractivity (Wildman–Crippen MR) is 71.7 cm³/mol. The lowest BCUT2D eigenvalue weighted by Gasteiger charge is -2.11. The van der Waals surface area contributed by atoms with Gasteiger partial charge in [0.15, 0.2) is 0 Å². The van der Waals surface area contributed by atoms with Crippen LogP contribution >= 0.6 is 15.9 Å². The molecule has 1 heterocycles. The molecule has 88 valence electrons. The molecule has 1 saturated heterocycles. The van der Waals surface area contributed by atoms with Crippen LogP contribution in [0.4, 0.5) is 0 Å². The summed E-state index contributed by atoms with van der Waals surface area (Å²) in [6.45, 7) is 3.36. The van der Waals surface area contributed by atoms with Crippen LogP contribution in [0, 0.1) is 0 Å². The van der Waals surface area contributed by atoms with Crippen molar-refractivity contribution in [1.82, 2.24) is 10.6 Å². The zero-order valence-electron chi connectivity index (χ0n) is 9.51. The first-order chi connectivity index (χ1) is 7.84. The number of nitrogens with one attached hydrogen (secondary N) is 2. The van der Waals surface area contributed by atoms with E-state index in [-0.39, 0.29) is 0 Å². The number of rotatable bonds is 5. The van der Waals surface area contributed by atoms with Crippen LogP contribution in [0.15, 0.2) is 28.7 Å². The maximum absolute atomic E-state index is 3.52. The van der Waals surface area contributed by atoms with Crippen molar-refractivity contribution in [2.75, 3.05) is 19.6 Å². The lowest BCUT2D eigenvalue weighted by molar-refractivity contribution is 0.537. The second-order valence-electron chi connectivity index (χ2n) is 4.38. The summed E-state index contributed by atoms with van der Waals surface area (Å²) < 4.78 is 1.17. The van der Waals surface area contributed by atoms with E-state index in [0.717, 1.165) is 19.5 Å². The summed E-state index contributed by atoms with van der Waals surface area (Å²) in [6, 6.07) is 9.23. The average molecular weight is 283 g/mol. The molecule has 0 aliphatic carbocycles. The Morgan fingerprint density at radius 3 is 3.12 bits per heavy atom. The van der Waals surface area contributed by atoms with E-state index in [4.69, 9.17) is 0 Å². The van der Waals surface area contributed by atoms with Crippen molar-refractivity contribution < 1.29 is 0 Å². The predicted octanol–water partition coefficient (Wildman–Crippen LogP) is 2.33. The molecule has 3 heteroatoms. The van der Waals surface area contributed by atoms with Gasteiger partial charge in [-0.1, -0.05) is 28.1 Å².